The van der Waals surface area contributed by atoms with Crippen molar-refractivity contribution >= 4 is 5.97 Å². The Morgan fingerprint density at radius 1 is 1.29 bits per heavy atom. The van der Waals surface area contributed by atoms with Crippen molar-refractivity contribution in [2.45, 2.75) is 25.8 Å². The van der Waals surface area contributed by atoms with Crippen molar-refractivity contribution in [2.24, 2.45) is 0 Å². The van der Waals surface area contributed by atoms with Gasteiger partial charge in [0.15, 0.2) is 0 Å². The van der Waals surface area contributed by atoms with Gasteiger partial charge in [0.1, 0.15) is 5.82 Å². The summed E-state index contributed by atoms with van der Waals surface area (Å²) in [6.45, 7) is 2.44. The van der Waals surface area contributed by atoms with Crippen molar-refractivity contribution in [3.05, 3.63) is 35.1 Å². The number of carboxylic acid groups (broad SMARTS) is 1. The molecular weight excluding hydrogens is 221 g/mol. The number of aromatic carboxylic acids is 1. The van der Waals surface area contributed by atoms with Crippen LogP contribution in [0.15, 0.2) is 18.2 Å². The monoisotopic (exact) mass is 237 g/mol. The van der Waals surface area contributed by atoms with Crippen LogP contribution in [0.4, 0.5) is 4.39 Å². The molecule has 4 heteroatoms. The third kappa shape index (κ3) is 3.03. The highest BCUT2D eigenvalue weighted by Crippen LogP contribution is 2.16. The average Bonchev–Trinajstić information content (AvgIpc) is 2.33. The smallest absolute Gasteiger partial charge is 0.335 e. The summed E-state index contributed by atoms with van der Waals surface area (Å²) in [6.07, 6.45) is 3.51. The van der Waals surface area contributed by atoms with E-state index < -0.39 is 5.97 Å². The molecule has 0 spiro atoms. The summed E-state index contributed by atoms with van der Waals surface area (Å²) in [5.41, 5.74) is 0.630. The van der Waals surface area contributed by atoms with Gasteiger partial charge in [0, 0.05) is 12.1 Å². The Morgan fingerprint density at radius 3 is 2.65 bits per heavy atom. The maximum atomic E-state index is 13.6. The summed E-state index contributed by atoms with van der Waals surface area (Å²) < 4.78 is 13.6. The highest BCUT2D eigenvalue weighted by Gasteiger charge is 2.14. The molecule has 0 saturated carbocycles. The first kappa shape index (κ1) is 12.0. The molecule has 17 heavy (non-hydrogen) atoms. The number of likely N-dealkylation sites (tertiary alicyclic amines) is 1. The normalized spacial score (nSPS) is 17.0. The molecule has 0 radical (unpaired) electrons. The van der Waals surface area contributed by atoms with Gasteiger partial charge in [0.25, 0.3) is 0 Å². The predicted molar refractivity (Wildman–Crippen MR) is 62.5 cm³/mol. The third-order valence-electron chi connectivity index (χ3n) is 3.14. The fourth-order valence-corrected chi connectivity index (χ4v) is 2.19. The zero-order valence-corrected chi connectivity index (χ0v) is 9.66. The van der Waals surface area contributed by atoms with Gasteiger partial charge in [-0.2, -0.15) is 0 Å². The van der Waals surface area contributed by atoms with Crippen molar-refractivity contribution in [1.82, 2.24) is 4.90 Å². The van der Waals surface area contributed by atoms with E-state index >= 15 is 0 Å². The van der Waals surface area contributed by atoms with Crippen LogP contribution in [0, 0.1) is 5.82 Å². The Labute approximate surface area is 99.9 Å². The Morgan fingerprint density at radius 2 is 2.00 bits per heavy atom. The van der Waals surface area contributed by atoms with E-state index in [-0.39, 0.29) is 11.4 Å². The summed E-state index contributed by atoms with van der Waals surface area (Å²) >= 11 is 0. The molecule has 0 atom stereocenters. The first-order valence-corrected chi connectivity index (χ1v) is 5.91. The zero-order valence-electron chi connectivity index (χ0n) is 9.66. The molecule has 0 aliphatic carbocycles. The molecule has 1 heterocycles. The van der Waals surface area contributed by atoms with Crippen LogP contribution in [0.2, 0.25) is 0 Å². The lowest BCUT2D eigenvalue weighted by atomic mass is 10.1. The number of benzene rings is 1. The maximum Gasteiger partial charge on any atom is 0.335 e. The lowest BCUT2D eigenvalue weighted by molar-refractivity contribution is 0.0696. The molecule has 0 aromatic heterocycles. The Hall–Kier alpha value is -1.42. The maximum absolute atomic E-state index is 13.6. The van der Waals surface area contributed by atoms with Crippen molar-refractivity contribution in [1.29, 1.82) is 0 Å². The number of halogens is 1. The number of nitrogens with zero attached hydrogens (tertiary/aromatic N) is 1. The zero-order chi connectivity index (χ0) is 12.3. The van der Waals surface area contributed by atoms with Crippen LogP contribution in [0.25, 0.3) is 0 Å². The molecule has 1 aliphatic heterocycles. The quantitative estimate of drug-likeness (QED) is 0.878. The lowest BCUT2D eigenvalue weighted by Crippen LogP contribution is -2.29. The molecule has 92 valence electrons. The van der Waals surface area contributed by atoms with Gasteiger partial charge in [-0.3, -0.25) is 4.90 Å². The number of piperidine rings is 1. The average molecular weight is 237 g/mol. The summed E-state index contributed by atoms with van der Waals surface area (Å²) in [6, 6.07) is 3.98. The topological polar surface area (TPSA) is 40.5 Å². The molecule has 2 rings (SSSR count). The van der Waals surface area contributed by atoms with Crippen LogP contribution in [0.1, 0.15) is 35.2 Å². The van der Waals surface area contributed by atoms with E-state index in [1.54, 1.807) is 0 Å². The summed E-state index contributed by atoms with van der Waals surface area (Å²) in [5, 5.41) is 8.87. The van der Waals surface area contributed by atoms with E-state index in [9.17, 15) is 9.18 Å². The molecular formula is C13H16FNO2. The van der Waals surface area contributed by atoms with Crippen LogP contribution in [0.5, 0.6) is 0 Å². The first-order chi connectivity index (χ1) is 8.16. The summed E-state index contributed by atoms with van der Waals surface area (Å²) in [7, 11) is 0. The van der Waals surface area contributed by atoms with Gasteiger partial charge < -0.3 is 5.11 Å². The Bertz CT molecular complexity index is 414. The van der Waals surface area contributed by atoms with Gasteiger partial charge in [0.05, 0.1) is 5.56 Å². The van der Waals surface area contributed by atoms with Crippen molar-refractivity contribution in [3.8, 4) is 0 Å². The third-order valence-corrected chi connectivity index (χ3v) is 3.14. The summed E-state index contributed by atoms with van der Waals surface area (Å²) in [5.74, 6) is -1.33. The minimum absolute atomic E-state index is 0.151. The Kier molecular flexibility index (Phi) is 3.74. The number of hydrogen-bond donors (Lipinski definition) is 1. The fraction of sp³-hybridized carbons (Fsp3) is 0.462. The molecule has 1 saturated heterocycles. The van der Waals surface area contributed by atoms with Gasteiger partial charge in [0.2, 0.25) is 0 Å². The van der Waals surface area contributed by atoms with E-state index in [0.29, 0.717) is 12.1 Å². The number of carboxylic acids is 1. The van der Waals surface area contributed by atoms with E-state index in [1.165, 1.54) is 24.6 Å². The second-order valence-electron chi connectivity index (χ2n) is 4.45. The second kappa shape index (κ2) is 5.27. The molecule has 1 aliphatic rings. The number of rotatable bonds is 3. The van der Waals surface area contributed by atoms with Crippen LogP contribution in [-0.4, -0.2) is 29.1 Å². The minimum Gasteiger partial charge on any atom is -0.478 e. The standard InChI is InChI=1S/C13H16FNO2/c14-12-5-4-10(13(16)17)8-11(12)9-15-6-2-1-3-7-15/h4-5,8H,1-3,6-7,9H2,(H,16,17). The number of carbonyl (C=O) groups is 1. The van der Waals surface area contributed by atoms with E-state index in [4.69, 9.17) is 5.11 Å². The SMILES string of the molecule is O=C(O)c1ccc(F)c(CN2CCCCC2)c1. The van der Waals surface area contributed by atoms with Gasteiger partial charge in [-0.15, -0.1) is 0 Å². The number of hydrogen-bond acceptors (Lipinski definition) is 2. The highest BCUT2D eigenvalue weighted by atomic mass is 19.1. The van der Waals surface area contributed by atoms with Crippen LogP contribution in [-0.2, 0) is 6.54 Å². The van der Waals surface area contributed by atoms with Gasteiger partial charge >= 0.3 is 5.97 Å². The largest absolute Gasteiger partial charge is 0.478 e. The van der Waals surface area contributed by atoms with Gasteiger partial charge in [-0.05, 0) is 44.1 Å². The molecule has 1 aromatic rings. The molecule has 1 aromatic carbocycles. The van der Waals surface area contributed by atoms with E-state index in [0.717, 1.165) is 25.9 Å². The van der Waals surface area contributed by atoms with E-state index in [2.05, 4.69) is 4.90 Å². The molecule has 0 amide bonds. The lowest BCUT2D eigenvalue weighted by Gasteiger charge is -2.26. The van der Waals surface area contributed by atoms with Crippen LogP contribution in [0.3, 0.4) is 0 Å². The highest BCUT2D eigenvalue weighted by molar-refractivity contribution is 5.87. The second-order valence-corrected chi connectivity index (χ2v) is 4.45. The van der Waals surface area contributed by atoms with Gasteiger partial charge in [-0.25, -0.2) is 9.18 Å². The predicted octanol–water partition coefficient (Wildman–Crippen LogP) is 2.51. The van der Waals surface area contributed by atoms with Crippen molar-refractivity contribution in [3.63, 3.8) is 0 Å². The molecule has 1 N–H and O–H groups in total. The Balaban J connectivity index is 2.13. The van der Waals surface area contributed by atoms with E-state index in [1.807, 2.05) is 0 Å². The van der Waals surface area contributed by atoms with Crippen molar-refractivity contribution in [2.75, 3.05) is 13.1 Å². The van der Waals surface area contributed by atoms with Crippen LogP contribution < -0.4 is 0 Å². The molecule has 0 unspecified atom stereocenters. The fourth-order valence-electron chi connectivity index (χ4n) is 2.19. The molecule has 0 bridgehead atoms. The first-order valence-electron chi connectivity index (χ1n) is 5.91. The molecule has 1 fully saturated rings. The van der Waals surface area contributed by atoms with Gasteiger partial charge in [-0.1, -0.05) is 6.42 Å². The summed E-state index contributed by atoms with van der Waals surface area (Å²) in [4.78, 5) is 13.0. The molecule has 3 nitrogen and oxygen atoms in total. The van der Waals surface area contributed by atoms with Crippen LogP contribution >= 0.6 is 0 Å². The van der Waals surface area contributed by atoms with Crippen molar-refractivity contribution < 1.29 is 14.3 Å². The minimum atomic E-state index is -1.01.